The second-order valence-corrected chi connectivity index (χ2v) is 11.5. The van der Waals surface area contributed by atoms with Gasteiger partial charge in [-0.3, -0.25) is 29.4 Å². The maximum Gasteiger partial charge on any atom is 0.321 e. The van der Waals surface area contributed by atoms with Crippen LogP contribution in [0.25, 0.3) is 0 Å². The van der Waals surface area contributed by atoms with Gasteiger partial charge < -0.3 is 15.5 Å². The highest BCUT2D eigenvalue weighted by Crippen LogP contribution is 2.65. The van der Waals surface area contributed by atoms with Gasteiger partial charge in [-0.25, -0.2) is 9.40 Å². The van der Waals surface area contributed by atoms with Crippen LogP contribution in [-0.2, 0) is 24.0 Å². The van der Waals surface area contributed by atoms with Crippen LogP contribution in [0.5, 0.6) is 0 Å². The molecule has 0 spiro atoms. The molecule has 2 saturated heterocycles. The van der Waals surface area contributed by atoms with E-state index in [1.807, 2.05) is 13.8 Å². The molecule has 3 fully saturated rings. The van der Waals surface area contributed by atoms with Gasteiger partial charge in [0, 0.05) is 20.0 Å². The van der Waals surface area contributed by atoms with Gasteiger partial charge in [0.05, 0.1) is 12.5 Å². The van der Waals surface area contributed by atoms with Crippen molar-refractivity contribution in [3.05, 3.63) is 0 Å². The summed E-state index contributed by atoms with van der Waals surface area (Å²) in [6, 6.07) is -2.43. The Labute approximate surface area is 224 Å². The van der Waals surface area contributed by atoms with Crippen LogP contribution >= 0.6 is 11.6 Å². The van der Waals surface area contributed by atoms with E-state index in [9.17, 15) is 37.1 Å². The van der Waals surface area contributed by atoms with Crippen LogP contribution in [0, 0.1) is 29.1 Å². The highest BCUT2D eigenvalue weighted by Gasteiger charge is 2.69. The van der Waals surface area contributed by atoms with Crippen LogP contribution in [0.15, 0.2) is 0 Å². The van der Waals surface area contributed by atoms with Gasteiger partial charge in [-0.15, -0.1) is 0 Å². The first-order valence-electron chi connectivity index (χ1n) is 12.7. The molecule has 5 amide bonds. The van der Waals surface area contributed by atoms with E-state index in [1.165, 1.54) is 4.90 Å². The first-order valence-corrected chi connectivity index (χ1v) is 13.1. The third kappa shape index (κ3) is 5.86. The zero-order valence-corrected chi connectivity index (χ0v) is 22.8. The highest BCUT2D eigenvalue weighted by molar-refractivity contribution is 6.29. The quantitative estimate of drug-likeness (QED) is 0.286. The zero-order valence-electron chi connectivity index (χ0n) is 22.0. The molecule has 38 heavy (non-hydrogen) atoms. The normalized spacial score (nSPS) is 28.0. The molecule has 14 heteroatoms. The van der Waals surface area contributed by atoms with Crippen molar-refractivity contribution in [2.45, 2.75) is 71.1 Å². The molecule has 0 bridgehead atoms. The summed E-state index contributed by atoms with van der Waals surface area (Å²) in [5.41, 5.74) is -0.460. The number of piperidine rings is 1. The monoisotopic (exact) mass is 565 g/mol. The highest BCUT2D eigenvalue weighted by atomic mass is 35.5. The second-order valence-electron chi connectivity index (χ2n) is 11.1. The van der Waals surface area contributed by atoms with E-state index in [0.717, 1.165) is 0 Å². The lowest BCUT2D eigenvalue weighted by Gasteiger charge is -2.36. The van der Waals surface area contributed by atoms with Crippen LogP contribution in [0.2, 0.25) is 0 Å². The Morgan fingerprint density at radius 2 is 1.92 bits per heavy atom. The van der Waals surface area contributed by atoms with Gasteiger partial charge in [0.2, 0.25) is 11.8 Å². The molecule has 0 aromatic rings. The summed E-state index contributed by atoms with van der Waals surface area (Å²) in [6.07, 6.45) is 0.746. The van der Waals surface area contributed by atoms with Gasteiger partial charge >= 0.3 is 5.92 Å². The first kappa shape index (κ1) is 30.0. The molecule has 1 saturated carbocycles. The number of alkyl halides is 4. The average molecular weight is 566 g/mol. The predicted octanol–water partition coefficient (Wildman–Crippen LogP) is 1.19. The number of carbonyl (C=O) groups is 5. The summed E-state index contributed by atoms with van der Waals surface area (Å²) in [5.74, 6) is -10.1. The number of hydrogen-bond donors (Lipinski definition) is 3. The van der Waals surface area contributed by atoms with Crippen molar-refractivity contribution in [1.29, 1.82) is 0 Å². The Balaban J connectivity index is 1.86. The number of fused-ring (bicyclic) bond motifs is 1. The number of nitrogens with zero attached hydrogens (tertiary/aromatic N) is 2. The molecular weight excluding hydrogens is 531 g/mol. The fourth-order valence-corrected chi connectivity index (χ4v) is 5.61. The lowest BCUT2D eigenvalue weighted by Crippen LogP contribution is -2.61. The van der Waals surface area contributed by atoms with Gasteiger partial charge in [0.25, 0.3) is 23.4 Å². The molecule has 3 aliphatic rings. The van der Waals surface area contributed by atoms with Crippen molar-refractivity contribution < 1.29 is 37.1 Å². The Morgan fingerprint density at radius 3 is 2.42 bits per heavy atom. The van der Waals surface area contributed by atoms with Gasteiger partial charge in [0.15, 0.2) is 0 Å². The maximum atomic E-state index is 13.8. The number of carbonyl (C=O) groups excluding carboxylic acids is 5. The molecule has 0 radical (unpaired) electrons. The van der Waals surface area contributed by atoms with Crippen molar-refractivity contribution in [1.82, 2.24) is 26.0 Å². The number of hydrazine groups is 1. The Hall–Kier alpha value is -2.57. The smallest absolute Gasteiger partial charge is 0.321 e. The van der Waals surface area contributed by atoms with E-state index in [0.29, 0.717) is 31.3 Å². The van der Waals surface area contributed by atoms with Crippen LogP contribution in [0.1, 0.15) is 47.5 Å². The zero-order chi connectivity index (χ0) is 28.7. The van der Waals surface area contributed by atoms with Crippen LogP contribution in [0.4, 0.5) is 13.2 Å². The number of amides is 5. The summed E-state index contributed by atoms with van der Waals surface area (Å²) in [5, 5.41) is 5.39. The van der Waals surface area contributed by atoms with Crippen LogP contribution in [0.3, 0.4) is 0 Å². The SMILES string of the molecule is CC[C@H](C)[C@H](NC(=O)C(C)(F)F)C(=O)N1C[C@H]2[C@@H]([C@H]1C(=O)NN(C[C@@H]1CCNC1=O)C(=O)[C@H](F)Cl)C2(C)C. The maximum absolute atomic E-state index is 13.8. The molecule has 0 unspecified atom stereocenters. The van der Waals surface area contributed by atoms with Crippen molar-refractivity contribution in [2.24, 2.45) is 29.1 Å². The molecule has 2 heterocycles. The molecule has 0 aromatic carbocycles. The van der Waals surface area contributed by atoms with Gasteiger partial charge in [-0.2, -0.15) is 8.78 Å². The molecule has 0 aromatic heterocycles. The molecule has 2 aliphatic heterocycles. The average Bonchev–Trinajstić information content (AvgIpc) is 3.19. The lowest BCUT2D eigenvalue weighted by molar-refractivity contribution is -0.152. The third-order valence-corrected chi connectivity index (χ3v) is 8.37. The summed E-state index contributed by atoms with van der Waals surface area (Å²) < 4.78 is 41.0. The second kappa shape index (κ2) is 10.9. The molecule has 3 N–H and O–H groups in total. The molecule has 7 atom stereocenters. The van der Waals surface area contributed by atoms with Gasteiger partial charge in [-0.1, -0.05) is 45.7 Å². The number of halogens is 4. The minimum atomic E-state index is -3.71. The molecular formula is C24H35ClF3N5O5. The number of rotatable bonds is 9. The van der Waals surface area contributed by atoms with Crippen molar-refractivity contribution in [2.75, 3.05) is 19.6 Å². The Morgan fingerprint density at radius 1 is 1.29 bits per heavy atom. The fourth-order valence-electron chi connectivity index (χ4n) is 5.49. The van der Waals surface area contributed by atoms with Crippen LogP contribution in [-0.4, -0.2) is 82.7 Å². The fraction of sp³-hybridized carbons (Fsp3) is 0.792. The van der Waals surface area contributed by atoms with Crippen LogP contribution < -0.4 is 16.1 Å². The lowest BCUT2D eigenvalue weighted by atomic mass is 9.95. The van der Waals surface area contributed by atoms with E-state index in [1.54, 1.807) is 13.8 Å². The van der Waals surface area contributed by atoms with Crippen molar-refractivity contribution in [3.63, 3.8) is 0 Å². The minimum absolute atomic E-state index is 0.0881. The molecule has 10 nitrogen and oxygen atoms in total. The minimum Gasteiger partial charge on any atom is -0.356 e. The third-order valence-electron chi connectivity index (χ3n) is 8.19. The van der Waals surface area contributed by atoms with E-state index in [-0.39, 0.29) is 36.2 Å². The number of likely N-dealkylation sites (tertiary alicyclic amines) is 1. The van der Waals surface area contributed by atoms with Gasteiger partial charge in [-0.05, 0) is 29.6 Å². The topological polar surface area (TPSA) is 128 Å². The van der Waals surface area contributed by atoms with E-state index < -0.39 is 59.1 Å². The summed E-state index contributed by atoms with van der Waals surface area (Å²) in [6.45, 7) is 7.80. The first-order chi connectivity index (χ1) is 17.5. The summed E-state index contributed by atoms with van der Waals surface area (Å²) in [4.78, 5) is 64.9. The van der Waals surface area contributed by atoms with Crippen molar-refractivity contribution >= 4 is 41.1 Å². The Bertz CT molecular complexity index is 991. The number of nitrogens with one attached hydrogen (secondary N) is 3. The van der Waals surface area contributed by atoms with E-state index >= 15 is 0 Å². The Kier molecular flexibility index (Phi) is 8.59. The molecule has 3 rings (SSSR count). The van der Waals surface area contributed by atoms with E-state index in [2.05, 4.69) is 16.1 Å². The summed E-state index contributed by atoms with van der Waals surface area (Å²) >= 11 is 5.35. The number of hydrogen-bond acceptors (Lipinski definition) is 5. The predicted molar refractivity (Wildman–Crippen MR) is 130 cm³/mol. The largest absolute Gasteiger partial charge is 0.356 e. The standard InChI is InChI=1S/C24H35ClF3N5O5/c1-6-11(2)15(30-22(38)24(5,27)28)20(36)32-10-13-14(23(13,3)4)16(32)19(35)31-33(21(37)17(25)26)9-12-7-8-29-18(12)34/h11-17H,6-10H2,1-5H3,(H,29,34)(H,30,38)(H,31,35)/t11-,12-,13-,14-,15-,16-,17-/m0/s1. The van der Waals surface area contributed by atoms with Gasteiger partial charge in [0.1, 0.15) is 12.1 Å². The molecule has 1 aliphatic carbocycles. The van der Waals surface area contributed by atoms with E-state index in [4.69, 9.17) is 11.6 Å². The molecule has 214 valence electrons. The summed E-state index contributed by atoms with van der Waals surface area (Å²) in [7, 11) is 0. The van der Waals surface area contributed by atoms with Crippen molar-refractivity contribution in [3.8, 4) is 0 Å².